The second kappa shape index (κ2) is 5.64. The fourth-order valence-electron chi connectivity index (χ4n) is 3.45. The predicted molar refractivity (Wildman–Crippen MR) is 101 cm³/mol. The molecule has 0 saturated carbocycles. The first-order chi connectivity index (χ1) is 12.0. The highest BCUT2D eigenvalue weighted by molar-refractivity contribution is 6.12. The van der Waals surface area contributed by atoms with Gasteiger partial charge in [0, 0.05) is 10.9 Å². The predicted octanol–water partition coefficient (Wildman–Crippen LogP) is 5.49. The van der Waals surface area contributed by atoms with Gasteiger partial charge in [-0.05, 0) is 37.1 Å². The molecule has 0 atom stereocenters. The number of para-hydroxylation sites is 1. The van der Waals surface area contributed by atoms with Crippen LogP contribution in [-0.2, 0) is 5.60 Å². The Bertz CT molecular complexity index is 1070. The lowest BCUT2D eigenvalue weighted by Crippen LogP contribution is -2.16. The largest absolute Gasteiger partial charge is 0.496 e. The Morgan fingerprint density at radius 1 is 0.880 bits per heavy atom. The number of hydrogen-bond donors (Lipinski definition) is 1. The maximum Gasteiger partial charge on any atom is 0.143 e. The average Bonchev–Trinajstić information content (AvgIpc) is 2.99. The van der Waals surface area contributed by atoms with E-state index in [1.165, 1.54) is 0 Å². The molecule has 3 nitrogen and oxygen atoms in total. The van der Waals surface area contributed by atoms with Gasteiger partial charge in [0.2, 0.25) is 0 Å². The summed E-state index contributed by atoms with van der Waals surface area (Å²) < 4.78 is 11.7. The number of hydrogen-bond acceptors (Lipinski definition) is 3. The van der Waals surface area contributed by atoms with Crippen molar-refractivity contribution in [3.05, 3.63) is 66.2 Å². The van der Waals surface area contributed by atoms with E-state index in [-0.39, 0.29) is 0 Å². The lowest BCUT2D eigenvalue weighted by Gasteiger charge is -2.21. The molecule has 3 aromatic carbocycles. The van der Waals surface area contributed by atoms with Crippen molar-refractivity contribution in [2.75, 3.05) is 7.11 Å². The van der Waals surface area contributed by atoms with E-state index in [9.17, 15) is 5.11 Å². The molecule has 1 N–H and O–H groups in total. The Labute approximate surface area is 146 Å². The van der Waals surface area contributed by atoms with Gasteiger partial charge >= 0.3 is 0 Å². The maximum absolute atomic E-state index is 10.6. The zero-order valence-electron chi connectivity index (χ0n) is 14.5. The third-order valence-corrected chi connectivity index (χ3v) is 4.58. The SMILES string of the molecule is COc1cccc2oc3c(-c4ccccc4C(C)(C)O)cccc3c12. The van der Waals surface area contributed by atoms with Crippen LogP contribution in [0.3, 0.4) is 0 Å². The van der Waals surface area contributed by atoms with Gasteiger partial charge in [0.1, 0.15) is 16.9 Å². The summed E-state index contributed by atoms with van der Waals surface area (Å²) in [5, 5.41) is 12.6. The summed E-state index contributed by atoms with van der Waals surface area (Å²) in [6.07, 6.45) is 0. The van der Waals surface area contributed by atoms with Gasteiger partial charge < -0.3 is 14.3 Å². The van der Waals surface area contributed by atoms with Crippen molar-refractivity contribution in [3.8, 4) is 16.9 Å². The fraction of sp³-hybridized carbons (Fsp3) is 0.182. The van der Waals surface area contributed by atoms with Crippen LogP contribution in [-0.4, -0.2) is 12.2 Å². The molecule has 3 heteroatoms. The minimum Gasteiger partial charge on any atom is -0.496 e. The van der Waals surface area contributed by atoms with Crippen LogP contribution in [0.15, 0.2) is 65.1 Å². The molecule has 0 bridgehead atoms. The Balaban J connectivity index is 2.09. The van der Waals surface area contributed by atoms with Gasteiger partial charge in [-0.25, -0.2) is 0 Å². The molecular formula is C22H20O3. The molecule has 0 radical (unpaired) electrons. The van der Waals surface area contributed by atoms with Crippen molar-refractivity contribution in [1.29, 1.82) is 0 Å². The first-order valence-electron chi connectivity index (χ1n) is 8.31. The van der Waals surface area contributed by atoms with Crippen LogP contribution < -0.4 is 4.74 Å². The molecule has 1 aromatic heterocycles. The lowest BCUT2D eigenvalue weighted by atomic mass is 9.89. The van der Waals surface area contributed by atoms with Crippen LogP contribution in [0, 0.1) is 0 Å². The van der Waals surface area contributed by atoms with Gasteiger partial charge in [0.15, 0.2) is 0 Å². The van der Waals surface area contributed by atoms with Gasteiger partial charge in [0.05, 0.1) is 18.1 Å². The Morgan fingerprint density at radius 2 is 1.60 bits per heavy atom. The van der Waals surface area contributed by atoms with Crippen LogP contribution in [0.5, 0.6) is 5.75 Å². The molecule has 0 saturated heterocycles. The summed E-state index contributed by atoms with van der Waals surface area (Å²) in [5.74, 6) is 0.796. The van der Waals surface area contributed by atoms with Crippen LogP contribution in [0.4, 0.5) is 0 Å². The molecule has 126 valence electrons. The monoisotopic (exact) mass is 332 g/mol. The molecule has 25 heavy (non-hydrogen) atoms. The van der Waals surface area contributed by atoms with E-state index in [1.807, 2.05) is 60.7 Å². The molecule has 0 spiro atoms. The minimum absolute atomic E-state index is 0.794. The number of methoxy groups -OCH3 is 1. The Hall–Kier alpha value is -2.78. The zero-order valence-corrected chi connectivity index (χ0v) is 14.5. The van der Waals surface area contributed by atoms with Gasteiger partial charge in [-0.2, -0.15) is 0 Å². The molecule has 1 heterocycles. The van der Waals surface area contributed by atoms with Gasteiger partial charge in [-0.3, -0.25) is 0 Å². The first kappa shape index (κ1) is 15.7. The molecule has 0 amide bonds. The summed E-state index contributed by atoms with van der Waals surface area (Å²) in [6, 6.07) is 19.8. The molecule has 0 unspecified atom stereocenters. The standard InChI is InChI=1S/C22H20O3/c1-22(2,23)17-11-5-4-8-14(17)15-9-6-10-16-20-18(24-3)12-7-13-19(20)25-21(15)16/h4-13,23H,1-3H3. The van der Waals surface area contributed by atoms with E-state index in [0.717, 1.165) is 44.4 Å². The molecule has 4 aromatic rings. The van der Waals surface area contributed by atoms with Crippen LogP contribution in [0.1, 0.15) is 19.4 Å². The number of fused-ring (bicyclic) bond motifs is 3. The van der Waals surface area contributed by atoms with Gasteiger partial charge in [-0.1, -0.05) is 48.5 Å². The van der Waals surface area contributed by atoms with Crippen LogP contribution >= 0.6 is 0 Å². The highest BCUT2D eigenvalue weighted by atomic mass is 16.5. The van der Waals surface area contributed by atoms with Crippen molar-refractivity contribution in [2.45, 2.75) is 19.4 Å². The van der Waals surface area contributed by atoms with E-state index in [2.05, 4.69) is 0 Å². The topological polar surface area (TPSA) is 42.6 Å². The normalized spacial score (nSPS) is 12.0. The minimum atomic E-state index is -0.942. The summed E-state index contributed by atoms with van der Waals surface area (Å²) in [5.41, 5.74) is 3.46. The molecular weight excluding hydrogens is 312 g/mol. The van der Waals surface area contributed by atoms with Crippen molar-refractivity contribution >= 4 is 21.9 Å². The Morgan fingerprint density at radius 3 is 2.36 bits per heavy atom. The van der Waals surface area contributed by atoms with E-state index in [1.54, 1.807) is 21.0 Å². The van der Waals surface area contributed by atoms with Gasteiger partial charge in [0.25, 0.3) is 0 Å². The number of ether oxygens (including phenoxy) is 1. The summed E-state index contributed by atoms with van der Waals surface area (Å²) in [7, 11) is 1.67. The smallest absolute Gasteiger partial charge is 0.143 e. The third kappa shape index (κ3) is 2.48. The third-order valence-electron chi connectivity index (χ3n) is 4.58. The van der Waals surface area contributed by atoms with E-state index < -0.39 is 5.60 Å². The maximum atomic E-state index is 10.6. The molecule has 0 aliphatic rings. The van der Waals surface area contributed by atoms with Crippen LogP contribution in [0.2, 0.25) is 0 Å². The Kier molecular flexibility index (Phi) is 3.55. The average molecular weight is 332 g/mol. The number of rotatable bonds is 3. The van der Waals surface area contributed by atoms with E-state index >= 15 is 0 Å². The summed E-state index contributed by atoms with van der Waals surface area (Å²) >= 11 is 0. The molecule has 0 fully saturated rings. The van der Waals surface area contributed by atoms with Crippen molar-refractivity contribution < 1.29 is 14.3 Å². The molecule has 0 aliphatic heterocycles. The first-order valence-corrected chi connectivity index (χ1v) is 8.31. The van der Waals surface area contributed by atoms with Crippen molar-refractivity contribution in [3.63, 3.8) is 0 Å². The fourth-order valence-corrected chi connectivity index (χ4v) is 3.45. The highest BCUT2D eigenvalue weighted by Gasteiger charge is 2.23. The summed E-state index contributed by atoms with van der Waals surface area (Å²) in [4.78, 5) is 0. The highest BCUT2D eigenvalue weighted by Crippen LogP contribution is 2.41. The van der Waals surface area contributed by atoms with Crippen molar-refractivity contribution in [1.82, 2.24) is 0 Å². The van der Waals surface area contributed by atoms with Crippen molar-refractivity contribution in [2.24, 2.45) is 0 Å². The number of benzene rings is 3. The number of aliphatic hydroxyl groups is 1. The summed E-state index contributed by atoms with van der Waals surface area (Å²) in [6.45, 7) is 3.60. The lowest BCUT2D eigenvalue weighted by molar-refractivity contribution is 0.0792. The molecule has 4 rings (SSSR count). The van der Waals surface area contributed by atoms with E-state index in [4.69, 9.17) is 9.15 Å². The van der Waals surface area contributed by atoms with Gasteiger partial charge in [-0.15, -0.1) is 0 Å². The van der Waals surface area contributed by atoms with E-state index in [0.29, 0.717) is 0 Å². The van der Waals surface area contributed by atoms with Crippen LogP contribution in [0.25, 0.3) is 33.1 Å². The quantitative estimate of drug-likeness (QED) is 0.539. The second-order valence-corrected chi connectivity index (χ2v) is 6.72. The second-order valence-electron chi connectivity index (χ2n) is 6.72. The zero-order chi connectivity index (χ0) is 17.6. The number of furan rings is 1. The molecule has 0 aliphatic carbocycles.